The van der Waals surface area contributed by atoms with Gasteiger partial charge in [-0.3, -0.25) is 4.79 Å². The van der Waals surface area contributed by atoms with E-state index in [1.807, 2.05) is 43.3 Å². The molecule has 1 heterocycles. The predicted molar refractivity (Wildman–Crippen MR) is 92.1 cm³/mol. The first kappa shape index (κ1) is 16.2. The summed E-state index contributed by atoms with van der Waals surface area (Å²) in [7, 11) is 0. The van der Waals surface area contributed by atoms with E-state index in [2.05, 4.69) is 10.3 Å². The van der Waals surface area contributed by atoms with Gasteiger partial charge in [-0.1, -0.05) is 24.3 Å². The van der Waals surface area contributed by atoms with Crippen LogP contribution in [0, 0.1) is 5.92 Å². The molecule has 1 aromatic carbocycles. The SMILES string of the molecule is C[C@H](NC(=O)COC(=O)/C=C/c1ccc2ccccc2n1)C1CC1. The number of fused-ring (bicyclic) bond motifs is 1. The molecule has 0 saturated heterocycles. The fourth-order valence-corrected chi connectivity index (χ4v) is 2.52. The number of ether oxygens (including phenoxy) is 1. The van der Waals surface area contributed by atoms with E-state index in [9.17, 15) is 9.59 Å². The number of rotatable bonds is 6. The van der Waals surface area contributed by atoms with Crippen LogP contribution in [-0.2, 0) is 14.3 Å². The van der Waals surface area contributed by atoms with Crippen LogP contribution in [-0.4, -0.2) is 29.5 Å². The topological polar surface area (TPSA) is 68.3 Å². The summed E-state index contributed by atoms with van der Waals surface area (Å²) in [6, 6.07) is 11.7. The van der Waals surface area contributed by atoms with Gasteiger partial charge in [0.2, 0.25) is 0 Å². The molecule has 2 aromatic rings. The Balaban J connectivity index is 1.49. The van der Waals surface area contributed by atoms with E-state index >= 15 is 0 Å². The fourth-order valence-electron chi connectivity index (χ4n) is 2.52. The Hall–Kier alpha value is -2.69. The maximum atomic E-state index is 11.7. The first-order valence-corrected chi connectivity index (χ1v) is 8.12. The van der Waals surface area contributed by atoms with Crippen molar-refractivity contribution < 1.29 is 14.3 Å². The predicted octanol–water partition coefficient (Wildman–Crippen LogP) is 2.71. The van der Waals surface area contributed by atoms with E-state index in [0.29, 0.717) is 11.6 Å². The van der Waals surface area contributed by atoms with Crippen molar-refractivity contribution in [3.8, 4) is 0 Å². The molecule has 0 bridgehead atoms. The quantitative estimate of drug-likeness (QED) is 0.655. The normalized spacial score (nSPS) is 15.4. The van der Waals surface area contributed by atoms with E-state index in [4.69, 9.17) is 4.74 Å². The van der Waals surface area contributed by atoms with Crippen LogP contribution in [0.15, 0.2) is 42.5 Å². The molecule has 1 aromatic heterocycles. The summed E-state index contributed by atoms with van der Waals surface area (Å²) >= 11 is 0. The van der Waals surface area contributed by atoms with Gasteiger partial charge in [-0.15, -0.1) is 0 Å². The third kappa shape index (κ3) is 4.41. The molecule has 5 heteroatoms. The highest BCUT2D eigenvalue weighted by Crippen LogP contribution is 2.32. The monoisotopic (exact) mass is 324 g/mol. The van der Waals surface area contributed by atoms with Gasteiger partial charge in [-0.2, -0.15) is 0 Å². The van der Waals surface area contributed by atoms with Gasteiger partial charge in [-0.25, -0.2) is 9.78 Å². The summed E-state index contributed by atoms with van der Waals surface area (Å²) in [5.41, 5.74) is 1.53. The van der Waals surface area contributed by atoms with E-state index < -0.39 is 5.97 Å². The Labute approximate surface area is 140 Å². The number of esters is 1. The number of amides is 1. The van der Waals surface area contributed by atoms with Gasteiger partial charge < -0.3 is 10.1 Å². The molecular formula is C19H20N2O3. The molecular weight excluding hydrogens is 304 g/mol. The van der Waals surface area contributed by atoms with Gasteiger partial charge in [-0.05, 0) is 43.9 Å². The number of nitrogens with zero attached hydrogens (tertiary/aromatic N) is 1. The molecule has 1 aliphatic carbocycles. The van der Waals surface area contributed by atoms with Gasteiger partial charge in [0.1, 0.15) is 0 Å². The number of pyridine rings is 1. The summed E-state index contributed by atoms with van der Waals surface area (Å²) in [6.45, 7) is 1.72. The van der Waals surface area contributed by atoms with Crippen LogP contribution < -0.4 is 5.32 Å². The molecule has 1 amide bonds. The summed E-state index contributed by atoms with van der Waals surface area (Å²) in [4.78, 5) is 27.8. The highest BCUT2D eigenvalue weighted by Gasteiger charge is 2.28. The van der Waals surface area contributed by atoms with Crippen LogP contribution in [0.5, 0.6) is 0 Å². The van der Waals surface area contributed by atoms with Crippen molar-refractivity contribution in [3.05, 3.63) is 48.2 Å². The standard InChI is InChI=1S/C19H20N2O3/c1-13(14-6-7-14)20-18(22)12-24-19(23)11-10-16-9-8-15-4-2-3-5-17(15)21-16/h2-5,8-11,13-14H,6-7,12H2,1H3,(H,20,22)/b11-10+/t13-/m0/s1. The Morgan fingerprint density at radius 2 is 2.08 bits per heavy atom. The minimum Gasteiger partial charge on any atom is -0.452 e. The molecule has 0 unspecified atom stereocenters. The van der Waals surface area contributed by atoms with Crippen molar-refractivity contribution >= 4 is 28.9 Å². The minimum atomic E-state index is -0.556. The van der Waals surface area contributed by atoms with Crippen molar-refractivity contribution in [2.45, 2.75) is 25.8 Å². The average molecular weight is 324 g/mol. The van der Waals surface area contributed by atoms with Crippen LogP contribution >= 0.6 is 0 Å². The van der Waals surface area contributed by atoms with Crippen LogP contribution in [0.2, 0.25) is 0 Å². The summed E-state index contributed by atoms with van der Waals surface area (Å²) in [5.74, 6) is -0.248. The van der Waals surface area contributed by atoms with Gasteiger partial charge in [0.25, 0.3) is 5.91 Å². The van der Waals surface area contributed by atoms with Gasteiger partial charge in [0, 0.05) is 17.5 Å². The number of aromatic nitrogens is 1. The maximum absolute atomic E-state index is 11.7. The number of hydrogen-bond acceptors (Lipinski definition) is 4. The zero-order chi connectivity index (χ0) is 16.9. The van der Waals surface area contributed by atoms with E-state index in [-0.39, 0.29) is 18.6 Å². The lowest BCUT2D eigenvalue weighted by Crippen LogP contribution is -2.36. The van der Waals surface area contributed by atoms with Crippen LogP contribution in [0.25, 0.3) is 17.0 Å². The molecule has 0 aliphatic heterocycles. The van der Waals surface area contributed by atoms with Gasteiger partial charge in [0.05, 0.1) is 11.2 Å². The summed E-state index contributed by atoms with van der Waals surface area (Å²) in [5, 5.41) is 3.88. The second-order valence-electron chi connectivity index (χ2n) is 6.06. The Bertz CT molecular complexity index is 781. The number of para-hydroxylation sites is 1. The maximum Gasteiger partial charge on any atom is 0.331 e. The summed E-state index contributed by atoms with van der Waals surface area (Å²) < 4.78 is 4.95. The average Bonchev–Trinajstić information content (AvgIpc) is 3.43. The van der Waals surface area contributed by atoms with Crippen molar-refractivity contribution in [1.29, 1.82) is 0 Å². The zero-order valence-corrected chi connectivity index (χ0v) is 13.6. The van der Waals surface area contributed by atoms with Crippen LogP contribution in [0.4, 0.5) is 0 Å². The first-order chi connectivity index (χ1) is 11.6. The molecule has 0 spiro atoms. The minimum absolute atomic E-state index is 0.147. The third-order valence-corrected chi connectivity index (χ3v) is 4.07. The fraction of sp³-hybridized carbons (Fsp3) is 0.316. The Morgan fingerprint density at radius 1 is 1.29 bits per heavy atom. The van der Waals surface area contributed by atoms with Crippen LogP contribution in [0.1, 0.15) is 25.5 Å². The van der Waals surface area contributed by atoms with E-state index in [0.717, 1.165) is 23.7 Å². The Kier molecular flexibility index (Phi) is 4.89. The molecule has 1 aliphatic rings. The lowest BCUT2D eigenvalue weighted by Gasteiger charge is -2.12. The molecule has 5 nitrogen and oxygen atoms in total. The third-order valence-electron chi connectivity index (χ3n) is 4.07. The van der Waals surface area contributed by atoms with Crippen molar-refractivity contribution in [2.75, 3.05) is 6.61 Å². The lowest BCUT2D eigenvalue weighted by molar-refractivity contribution is -0.144. The number of carbonyl (C=O) groups is 2. The van der Waals surface area contributed by atoms with Crippen molar-refractivity contribution in [3.63, 3.8) is 0 Å². The highest BCUT2D eigenvalue weighted by molar-refractivity contribution is 5.89. The first-order valence-electron chi connectivity index (χ1n) is 8.12. The molecule has 1 fully saturated rings. The molecule has 24 heavy (non-hydrogen) atoms. The lowest BCUT2D eigenvalue weighted by atomic mass is 10.2. The molecule has 3 rings (SSSR count). The van der Waals surface area contributed by atoms with Gasteiger partial charge in [0.15, 0.2) is 6.61 Å². The zero-order valence-electron chi connectivity index (χ0n) is 13.6. The largest absolute Gasteiger partial charge is 0.452 e. The second kappa shape index (κ2) is 7.25. The van der Waals surface area contributed by atoms with Crippen molar-refractivity contribution in [2.24, 2.45) is 5.92 Å². The molecule has 1 N–H and O–H groups in total. The number of hydrogen-bond donors (Lipinski definition) is 1. The number of benzene rings is 1. The number of carbonyl (C=O) groups excluding carboxylic acids is 2. The van der Waals surface area contributed by atoms with Crippen molar-refractivity contribution in [1.82, 2.24) is 10.3 Å². The highest BCUT2D eigenvalue weighted by atomic mass is 16.5. The smallest absolute Gasteiger partial charge is 0.331 e. The van der Waals surface area contributed by atoms with E-state index in [1.165, 1.54) is 6.08 Å². The number of nitrogens with one attached hydrogen (secondary N) is 1. The summed E-state index contributed by atoms with van der Waals surface area (Å²) in [6.07, 6.45) is 5.18. The van der Waals surface area contributed by atoms with E-state index in [1.54, 1.807) is 6.08 Å². The van der Waals surface area contributed by atoms with Gasteiger partial charge >= 0.3 is 5.97 Å². The Morgan fingerprint density at radius 3 is 2.88 bits per heavy atom. The molecule has 124 valence electrons. The molecule has 1 saturated carbocycles. The molecule has 1 atom stereocenters. The molecule has 0 radical (unpaired) electrons. The second-order valence-corrected chi connectivity index (χ2v) is 6.06. The van der Waals surface area contributed by atoms with Crippen LogP contribution in [0.3, 0.4) is 0 Å².